The lowest BCUT2D eigenvalue weighted by Crippen LogP contribution is -1.94. The van der Waals surface area contributed by atoms with Crippen LogP contribution >= 0.6 is 11.8 Å². The van der Waals surface area contributed by atoms with Crippen molar-refractivity contribution < 1.29 is 5.11 Å². The molecule has 5 heteroatoms. The van der Waals surface area contributed by atoms with Gasteiger partial charge in [0.15, 0.2) is 5.16 Å². The molecule has 0 aromatic carbocycles. The number of rotatable bonds is 3. The molecule has 16 heavy (non-hydrogen) atoms. The number of aliphatic hydroxyl groups excluding tert-OH is 1. The van der Waals surface area contributed by atoms with Crippen molar-refractivity contribution in [2.75, 3.05) is 0 Å². The maximum Gasteiger partial charge on any atom is 0.192 e. The molecule has 0 saturated carbocycles. The topological polar surface area (TPSA) is 58.9 Å². The van der Waals surface area contributed by atoms with E-state index in [1.165, 1.54) is 11.8 Å². The van der Waals surface area contributed by atoms with E-state index in [2.05, 4.69) is 15.0 Å². The number of hydrogen-bond acceptors (Lipinski definition) is 5. The second kappa shape index (κ2) is 5.05. The Balaban J connectivity index is 2.11. The smallest absolute Gasteiger partial charge is 0.192 e. The van der Waals surface area contributed by atoms with Crippen LogP contribution < -0.4 is 0 Å². The molecule has 0 saturated heterocycles. The summed E-state index contributed by atoms with van der Waals surface area (Å²) in [7, 11) is 0. The van der Waals surface area contributed by atoms with Crippen LogP contribution in [0, 0.1) is 0 Å². The summed E-state index contributed by atoms with van der Waals surface area (Å²) < 4.78 is 0. The van der Waals surface area contributed by atoms with Gasteiger partial charge in [0.1, 0.15) is 0 Å². The standard InChI is InChI=1S/C11H11N3OS/c1-8(15)10-4-3-9(7-14-10)16-11-12-5-2-6-13-11/h2-8,15H,1H3/t8-/m1/s1. The van der Waals surface area contributed by atoms with Gasteiger partial charge in [-0.2, -0.15) is 0 Å². The Morgan fingerprint density at radius 2 is 1.94 bits per heavy atom. The highest BCUT2D eigenvalue weighted by Crippen LogP contribution is 2.23. The normalized spacial score (nSPS) is 12.4. The first-order valence-electron chi connectivity index (χ1n) is 4.84. The summed E-state index contributed by atoms with van der Waals surface area (Å²) in [5.41, 5.74) is 0.665. The largest absolute Gasteiger partial charge is 0.387 e. The number of nitrogens with zero attached hydrogens (tertiary/aromatic N) is 3. The van der Waals surface area contributed by atoms with Crippen molar-refractivity contribution >= 4 is 11.8 Å². The molecular formula is C11H11N3OS. The van der Waals surface area contributed by atoms with Gasteiger partial charge < -0.3 is 5.11 Å². The van der Waals surface area contributed by atoms with Crippen LogP contribution in [-0.2, 0) is 0 Å². The molecule has 4 nitrogen and oxygen atoms in total. The minimum Gasteiger partial charge on any atom is -0.387 e. The Bertz CT molecular complexity index is 445. The minimum absolute atomic E-state index is 0.535. The maximum atomic E-state index is 9.31. The van der Waals surface area contributed by atoms with Crippen LogP contribution in [0.4, 0.5) is 0 Å². The van der Waals surface area contributed by atoms with Gasteiger partial charge in [0.05, 0.1) is 11.8 Å². The van der Waals surface area contributed by atoms with Crippen molar-refractivity contribution in [2.24, 2.45) is 0 Å². The molecular weight excluding hydrogens is 222 g/mol. The first-order valence-corrected chi connectivity index (χ1v) is 5.66. The molecule has 0 spiro atoms. The molecule has 0 radical (unpaired) electrons. The summed E-state index contributed by atoms with van der Waals surface area (Å²) in [5, 5.41) is 10.00. The predicted octanol–water partition coefficient (Wildman–Crippen LogP) is 2.08. The highest BCUT2D eigenvalue weighted by Gasteiger charge is 2.03. The van der Waals surface area contributed by atoms with E-state index in [9.17, 15) is 5.11 Å². The first-order chi connectivity index (χ1) is 7.75. The summed E-state index contributed by atoms with van der Waals surface area (Å²) in [6, 6.07) is 5.48. The van der Waals surface area contributed by atoms with Crippen molar-refractivity contribution in [3.63, 3.8) is 0 Å². The molecule has 2 aromatic rings. The van der Waals surface area contributed by atoms with Gasteiger partial charge in [-0.25, -0.2) is 9.97 Å². The fourth-order valence-corrected chi connectivity index (χ4v) is 1.82. The van der Waals surface area contributed by atoms with Crippen molar-refractivity contribution in [3.8, 4) is 0 Å². The quantitative estimate of drug-likeness (QED) is 0.822. The summed E-state index contributed by atoms with van der Waals surface area (Å²) >= 11 is 1.44. The molecule has 82 valence electrons. The van der Waals surface area contributed by atoms with Gasteiger partial charge in [-0.15, -0.1) is 0 Å². The Hall–Kier alpha value is -1.46. The first kappa shape index (κ1) is 11.0. The third-order valence-electron chi connectivity index (χ3n) is 1.94. The van der Waals surface area contributed by atoms with Crippen LogP contribution in [0.2, 0.25) is 0 Å². The Labute approximate surface area is 97.8 Å². The highest BCUT2D eigenvalue weighted by atomic mass is 32.2. The third kappa shape index (κ3) is 2.77. The lowest BCUT2D eigenvalue weighted by Gasteiger charge is -2.04. The summed E-state index contributed by atoms with van der Waals surface area (Å²) in [6.07, 6.45) is 4.58. The summed E-state index contributed by atoms with van der Waals surface area (Å²) in [4.78, 5) is 13.3. The number of aromatic nitrogens is 3. The zero-order valence-electron chi connectivity index (χ0n) is 8.74. The molecule has 0 aliphatic rings. The van der Waals surface area contributed by atoms with Crippen LogP contribution in [0.25, 0.3) is 0 Å². The second-order valence-electron chi connectivity index (χ2n) is 3.23. The monoisotopic (exact) mass is 233 g/mol. The van der Waals surface area contributed by atoms with Gasteiger partial charge in [-0.1, -0.05) is 0 Å². The molecule has 0 unspecified atom stereocenters. The van der Waals surface area contributed by atoms with Gasteiger partial charge in [0, 0.05) is 23.5 Å². The van der Waals surface area contributed by atoms with Gasteiger partial charge in [0.25, 0.3) is 0 Å². The van der Waals surface area contributed by atoms with Crippen molar-refractivity contribution in [1.29, 1.82) is 0 Å². The Kier molecular flexibility index (Phi) is 3.48. The lowest BCUT2D eigenvalue weighted by atomic mass is 10.2. The van der Waals surface area contributed by atoms with E-state index in [1.54, 1.807) is 37.6 Å². The van der Waals surface area contributed by atoms with Crippen LogP contribution in [0.3, 0.4) is 0 Å². The molecule has 1 N–H and O–H groups in total. The van der Waals surface area contributed by atoms with Crippen molar-refractivity contribution in [1.82, 2.24) is 15.0 Å². The molecule has 0 amide bonds. The SMILES string of the molecule is C[C@@H](O)c1ccc(Sc2ncccn2)cn1. The fourth-order valence-electron chi connectivity index (χ4n) is 1.14. The summed E-state index contributed by atoms with van der Waals surface area (Å²) in [6.45, 7) is 1.69. The number of hydrogen-bond donors (Lipinski definition) is 1. The van der Waals surface area contributed by atoms with Crippen LogP contribution in [0.15, 0.2) is 46.8 Å². The zero-order valence-corrected chi connectivity index (χ0v) is 9.56. The molecule has 1 atom stereocenters. The second-order valence-corrected chi connectivity index (χ2v) is 4.27. The van der Waals surface area contributed by atoms with Crippen molar-refractivity contribution in [2.45, 2.75) is 23.1 Å². The molecule has 2 aromatic heterocycles. The van der Waals surface area contributed by atoms with Crippen LogP contribution in [0.5, 0.6) is 0 Å². The minimum atomic E-state index is -0.535. The molecule has 0 fully saturated rings. The highest BCUT2D eigenvalue weighted by molar-refractivity contribution is 7.99. The van der Waals surface area contributed by atoms with E-state index in [1.807, 2.05) is 6.07 Å². The van der Waals surface area contributed by atoms with Crippen LogP contribution in [-0.4, -0.2) is 20.1 Å². The van der Waals surface area contributed by atoms with E-state index < -0.39 is 6.10 Å². The van der Waals surface area contributed by atoms with E-state index in [4.69, 9.17) is 0 Å². The number of pyridine rings is 1. The van der Waals surface area contributed by atoms with Crippen molar-refractivity contribution in [3.05, 3.63) is 42.5 Å². The van der Waals surface area contributed by atoms with Gasteiger partial charge in [-0.05, 0) is 36.9 Å². The average Bonchev–Trinajstić information content (AvgIpc) is 2.31. The van der Waals surface area contributed by atoms with E-state index >= 15 is 0 Å². The predicted molar refractivity (Wildman–Crippen MR) is 61.0 cm³/mol. The molecule has 0 aliphatic heterocycles. The van der Waals surface area contributed by atoms with Crippen LogP contribution in [0.1, 0.15) is 18.7 Å². The van der Waals surface area contributed by atoms with E-state index in [0.717, 1.165) is 4.90 Å². The Morgan fingerprint density at radius 1 is 1.19 bits per heavy atom. The third-order valence-corrected chi connectivity index (χ3v) is 2.81. The van der Waals surface area contributed by atoms with Gasteiger partial charge in [0.2, 0.25) is 0 Å². The fraction of sp³-hybridized carbons (Fsp3) is 0.182. The van der Waals surface area contributed by atoms with Gasteiger partial charge in [-0.3, -0.25) is 4.98 Å². The maximum absolute atomic E-state index is 9.31. The lowest BCUT2D eigenvalue weighted by molar-refractivity contribution is 0.194. The van der Waals surface area contributed by atoms with Gasteiger partial charge >= 0.3 is 0 Å². The van der Waals surface area contributed by atoms with E-state index in [-0.39, 0.29) is 0 Å². The Morgan fingerprint density at radius 3 is 2.50 bits per heavy atom. The van der Waals surface area contributed by atoms with E-state index in [0.29, 0.717) is 10.9 Å². The number of aliphatic hydroxyl groups is 1. The summed E-state index contributed by atoms with van der Waals surface area (Å²) in [5.74, 6) is 0. The molecule has 0 bridgehead atoms. The molecule has 2 heterocycles. The average molecular weight is 233 g/mol. The molecule has 0 aliphatic carbocycles. The zero-order chi connectivity index (χ0) is 11.4. The molecule has 2 rings (SSSR count).